The Labute approximate surface area is 107 Å². The summed E-state index contributed by atoms with van der Waals surface area (Å²) < 4.78 is 1.78. The van der Waals surface area contributed by atoms with E-state index in [1.165, 1.54) is 0 Å². The van der Waals surface area contributed by atoms with E-state index in [9.17, 15) is 4.79 Å². The van der Waals surface area contributed by atoms with E-state index in [1.54, 1.807) is 11.0 Å². The molecule has 1 saturated carbocycles. The van der Waals surface area contributed by atoms with Crippen LogP contribution in [0.5, 0.6) is 0 Å². The highest BCUT2D eigenvalue weighted by Crippen LogP contribution is 2.29. The van der Waals surface area contributed by atoms with Crippen molar-refractivity contribution in [1.29, 1.82) is 0 Å². The Bertz CT molecular complexity index is 368. The molecule has 0 aliphatic heterocycles. The van der Waals surface area contributed by atoms with Gasteiger partial charge in [-0.1, -0.05) is 0 Å². The third-order valence-corrected chi connectivity index (χ3v) is 3.49. The highest BCUT2D eigenvalue weighted by Gasteiger charge is 2.26. The van der Waals surface area contributed by atoms with Crippen molar-refractivity contribution in [2.24, 2.45) is 11.8 Å². The number of carbonyl (C=O) groups excluding carboxylic acids is 1. The minimum atomic E-state index is 0.192. The SMILES string of the molecule is CC(C)NC(=O)C1CCC(Cn2cnnn2)CC1. The molecule has 1 fully saturated rings. The maximum atomic E-state index is 11.9. The van der Waals surface area contributed by atoms with Crippen molar-refractivity contribution in [3.63, 3.8) is 0 Å². The first-order chi connectivity index (χ1) is 8.65. The lowest BCUT2D eigenvalue weighted by Gasteiger charge is -2.28. The minimum absolute atomic E-state index is 0.192. The fraction of sp³-hybridized carbons (Fsp3) is 0.833. The molecule has 0 radical (unpaired) electrons. The van der Waals surface area contributed by atoms with Gasteiger partial charge in [-0.3, -0.25) is 4.79 Å². The molecule has 1 N–H and O–H groups in total. The molecule has 0 spiro atoms. The molecule has 2 rings (SSSR count). The minimum Gasteiger partial charge on any atom is -0.354 e. The number of hydrogen-bond donors (Lipinski definition) is 1. The maximum absolute atomic E-state index is 11.9. The summed E-state index contributed by atoms with van der Waals surface area (Å²) in [6, 6.07) is 0.233. The molecule has 0 atom stereocenters. The Morgan fingerprint density at radius 2 is 2.11 bits per heavy atom. The second kappa shape index (κ2) is 5.93. The molecule has 1 aromatic rings. The van der Waals surface area contributed by atoms with Crippen molar-refractivity contribution < 1.29 is 4.79 Å². The van der Waals surface area contributed by atoms with Crippen LogP contribution in [0.25, 0.3) is 0 Å². The number of nitrogens with one attached hydrogen (secondary N) is 1. The molecule has 6 nitrogen and oxygen atoms in total. The fourth-order valence-electron chi connectivity index (χ4n) is 2.54. The zero-order chi connectivity index (χ0) is 13.0. The average Bonchev–Trinajstić information content (AvgIpc) is 2.82. The largest absolute Gasteiger partial charge is 0.354 e. The van der Waals surface area contributed by atoms with Gasteiger partial charge in [-0.25, -0.2) is 4.68 Å². The molecule has 1 aliphatic carbocycles. The summed E-state index contributed by atoms with van der Waals surface area (Å²) in [6.45, 7) is 4.87. The lowest BCUT2D eigenvalue weighted by atomic mass is 9.81. The van der Waals surface area contributed by atoms with E-state index in [4.69, 9.17) is 0 Å². The molecule has 18 heavy (non-hydrogen) atoms. The monoisotopic (exact) mass is 251 g/mol. The maximum Gasteiger partial charge on any atom is 0.223 e. The zero-order valence-corrected chi connectivity index (χ0v) is 11.0. The van der Waals surface area contributed by atoms with Gasteiger partial charge in [0.05, 0.1) is 0 Å². The Hall–Kier alpha value is -1.46. The first-order valence-electron chi connectivity index (χ1n) is 6.66. The second-order valence-corrected chi connectivity index (χ2v) is 5.41. The van der Waals surface area contributed by atoms with Crippen LogP contribution in [0.3, 0.4) is 0 Å². The van der Waals surface area contributed by atoms with Crippen molar-refractivity contribution in [2.75, 3.05) is 0 Å². The molecule has 0 aromatic carbocycles. The van der Waals surface area contributed by atoms with E-state index in [1.807, 2.05) is 13.8 Å². The molecule has 0 saturated heterocycles. The number of nitrogens with zero attached hydrogens (tertiary/aromatic N) is 4. The first kappa shape index (κ1) is 13.0. The van der Waals surface area contributed by atoms with Gasteiger partial charge in [-0.05, 0) is 55.9 Å². The summed E-state index contributed by atoms with van der Waals surface area (Å²) in [5, 5.41) is 14.1. The third kappa shape index (κ3) is 3.51. The highest BCUT2D eigenvalue weighted by atomic mass is 16.1. The number of hydrogen-bond acceptors (Lipinski definition) is 4. The van der Waals surface area contributed by atoms with Crippen LogP contribution >= 0.6 is 0 Å². The smallest absolute Gasteiger partial charge is 0.223 e. The summed E-state index contributed by atoms with van der Waals surface area (Å²) in [5.41, 5.74) is 0. The number of rotatable bonds is 4. The van der Waals surface area contributed by atoms with Gasteiger partial charge in [0.1, 0.15) is 6.33 Å². The van der Waals surface area contributed by atoms with Gasteiger partial charge in [0, 0.05) is 18.5 Å². The van der Waals surface area contributed by atoms with Crippen LogP contribution in [0.2, 0.25) is 0 Å². The normalized spacial score (nSPS) is 24.2. The average molecular weight is 251 g/mol. The number of carbonyl (C=O) groups is 1. The predicted molar refractivity (Wildman–Crippen MR) is 66.5 cm³/mol. The Kier molecular flexibility index (Phi) is 4.28. The molecule has 1 amide bonds. The van der Waals surface area contributed by atoms with Gasteiger partial charge >= 0.3 is 0 Å². The van der Waals surface area contributed by atoms with E-state index in [0.29, 0.717) is 5.92 Å². The molecule has 6 heteroatoms. The van der Waals surface area contributed by atoms with E-state index < -0.39 is 0 Å². The van der Waals surface area contributed by atoms with E-state index >= 15 is 0 Å². The lowest BCUT2D eigenvalue weighted by Crippen LogP contribution is -2.37. The van der Waals surface area contributed by atoms with Crippen molar-refractivity contribution in [3.05, 3.63) is 6.33 Å². The molecule has 1 aromatic heterocycles. The predicted octanol–water partition coefficient (Wildman–Crippen LogP) is 1.00. The van der Waals surface area contributed by atoms with Gasteiger partial charge in [-0.15, -0.1) is 5.10 Å². The highest BCUT2D eigenvalue weighted by molar-refractivity contribution is 5.78. The first-order valence-corrected chi connectivity index (χ1v) is 6.66. The van der Waals surface area contributed by atoms with Crippen LogP contribution in [0, 0.1) is 11.8 Å². The van der Waals surface area contributed by atoms with Crippen LogP contribution in [-0.2, 0) is 11.3 Å². The second-order valence-electron chi connectivity index (χ2n) is 5.41. The van der Waals surface area contributed by atoms with Gasteiger partial charge in [0.2, 0.25) is 5.91 Å². The summed E-state index contributed by atoms with van der Waals surface area (Å²) in [5.74, 6) is 1.000. The van der Waals surface area contributed by atoms with Crippen LogP contribution in [0.15, 0.2) is 6.33 Å². The number of amides is 1. The van der Waals surface area contributed by atoms with Crippen LogP contribution in [-0.4, -0.2) is 32.2 Å². The third-order valence-electron chi connectivity index (χ3n) is 3.49. The van der Waals surface area contributed by atoms with Gasteiger partial charge in [0.15, 0.2) is 0 Å². The molecule has 100 valence electrons. The molecule has 1 heterocycles. The number of tetrazole rings is 1. The Balaban J connectivity index is 1.76. The molecule has 0 bridgehead atoms. The van der Waals surface area contributed by atoms with Gasteiger partial charge in [0.25, 0.3) is 0 Å². The van der Waals surface area contributed by atoms with Crippen LogP contribution < -0.4 is 5.32 Å². The van der Waals surface area contributed by atoms with E-state index in [0.717, 1.165) is 32.2 Å². The Morgan fingerprint density at radius 3 is 2.67 bits per heavy atom. The summed E-state index contributed by atoms with van der Waals surface area (Å²) in [4.78, 5) is 11.9. The van der Waals surface area contributed by atoms with Crippen molar-refractivity contribution in [1.82, 2.24) is 25.5 Å². The topological polar surface area (TPSA) is 72.7 Å². The summed E-state index contributed by atoms with van der Waals surface area (Å²) in [6.07, 6.45) is 5.76. The molecular weight excluding hydrogens is 230 g/mol. The van der Waals surface area contributed by atoms with Gasteiger partial charge < -0.3 is 5.32 Å². The van der Waals surface area contributed by atoms with Crippen molar-refractivity contribution >= 4 is 5.91 Å². The van der Waals surface area contributed by atoms with E-state index in [2.05, 4.69) is 20.8 Å². The molecule has 0 unspecified atom stereocenters. The molecular formula is C12H21N5O. The molecule has 1 aliphatic rings. The fourth-order valence-corrected chi connectivity index (χ4v) is 2.54. The van der Waals surface area contributed by atoms with Gasteiger partial charge in [-0.2, -0.15) is 0 Å². The lowest BCUT2D eigenvalue weighted by molar-refractivity contribution is -0.126. The summed E-state index contributed by atoms with van der Waals surface area (Å²) >= 11 is 0. The standard InChI is InChI=1S/C12H21N5O/c1-9(2)14-12(18)11-5-3-10(4-6-11)7-17-8-13-15-16-17/h8-11H,3-7H2,1-2H3,(H,14,18). The van der Waals surface area contributed by atoms with Crippen molar-refractivity contribution in [3.8, 4) is 0 Å². The summed E-state index contributed by atoms with van der Waals surface area (Å²) in [7, 11) is 0. The van der Waals surface area contributed by atoms with Crippen LogP contribution in [0.4, 0.5) is 0 Å². The quantitative estimate of drug-likeness (QED) is 0.866. The Morgan fingerprint density at radius 1 is 1.39 bits per heavy atom. The van der Waals surface area contributed by atoms with E-state index in [-0.39, 0.29) is 17.9 Å². The zero-order valence-electron chi connectivity index (χ0n) is 11.0. The number of aromatic nitrogens is 4. The van der Waals surface area contributed by atoms with Crippen molar-refractivity contribution in [2.45, 2.75) is 52.1 Å². The van der Waals surface area contributed by atoms with Crippen LogP contribution in [0.1, 0.15) is 39.5 Å².